The number of fused-ring (bicyclic) bond motifs is 2. The van der Waals surface area contributed by atoms with E-state index in [2.05, 4.69) is 5.32 Å². The summed E-state index contributed by atoms with van der Waals surface area (Å²) in [6, 6.07) is 4.54. The Morgan fingerprint density at radius 1 is 0.840 bits per heavy atom. The van der Waals surface area contributed by atoms with Crippen LogP contribution in [0.1, 0.15) is 63.0 Å². The minimum absolute atomic E-state index is 0.151. The van der Waals surface area contributed by atoms with Gasteiger partial charge in [-0.25, -0.2) is 4.79 Å². The Bertz CT molecular complexity index is 1720. The fourth-order valence-corrected chi connectivity index (χ4v) is 5.76. The molecule has 2 fully saturated rings. The molecule has 1 amide bonds. The van der Waals surface area contributed by atoms with Crippen LogP contribution in [0.15, 0.2) is 30.3 Å². The number of aliphatic hydroxyl groups is 5. The fraction of sp³-hybridized carbons (Fsp3) is 0.438. The van der Waals surface area contributed by atoms with Gasteiger partial charge in [0.1, 0.15) is 60.8 Å². The first-order valence-electron chi connectivity index (χ1n) is 15.1. The van der Waals surface area contributed by atoms with E-state index >= 15 is 0 Å². The average molecular weight is 704 g/mol. The number of carbonyl (C=O) groups is 6. The number of carbonyl (C=O) groups excluding carboxylic acids is 6. The van der Waals surface area contributed by atoms with Crippen molar-refractivity contribution in [2.45, 2.75) is 76.0 Å². The van der Waals surface area contributed by atoms with Gasteiger partial charge in [-0.05, 0) is 18.2 Å². The van der Waals surface area contributed by atoms with E-state index in [4.69, 9.17) is 28.4 Å². The minimum atomic E-state index is -1.87. The molecule has 6 N–H and O–H groups in total. The van der Waals surface area contributed by atoms with Gasteiger partial charge in [0.15, 0.2) is 18.4 Å². The second kappa shape index (κ2) is 14.7. The zero-order valence-corrected chi connectivity index (χ0v) is 26.6. The Labute approximate surface area is 282 Å². The molecule has 2 saturated heterocycles. The van der Waals surface area contributed by atoms with Crippen molar-refractivity contribution in [1.82, 2.24) is 5.32 Å². The highest BCUT2D eigenvalue weighted by atomic mass is 16.7. The number of amides is 1. The third-order valence-electron chi connectivity index (χ3n) is 8.00. The summed E-state index contributed by atoms with van der Waals surface area (Å²) < 4.78 is 31.9. The Morgan fingerprint density at radius 3 is 2.16 bits per heavy atom. The number of rotatable bonds is 8. The molecule has 1 aliphatic carbocycles. The quantitative estimate of drug-likeness (QED) is 0.108. The van der Waals surface area contributed by atoms with Crippen LogP contribution < -0.4 is 14.8 Å². The van der Waals surface area contributed by atoms with Gasteiger partial charge in [-0.1, -0.05) is 12.1 Å². The van der Waals surface area contributed by atoms with Crippen LogP contribution >= 0.6 is 0 Å². The van der Waals surface area contributed by atoms with Crippen molar-refractivity contribution in [2.24, 2.45) is 0 Å². The van der Waals surface area contributed by atoms with Gasteiger partial charge in [0, 0.05) is 31.9 Å². The second-order valence-electron chi connectivity index (χ2n) is 11.7. The van der Waals surface area contributed by atoms with E-state index < -0.39 is 110 Å². The molecule has 18 heteroatoms. The number of ether oxygens (including phenoxy) is 6. The van der Waals surface area contributed by atoms with Crippen molar-refractivity contribution in [3.8, 4) is 11.5 Å². The van der Waals surface area contributed by atoms with E-state index in [0.29, 0.717) is 0 Å². The number of aliphatic hydroxyl groups excluding tert-OH is 5. The molecule has 0 bridgehead atoms. The lowest BCUT2D eigenvalue weighted by Gasteiger charge is -2.45. The zero-order valence-electron chi connectivity index (χ0n) is 26.6. The van der Waals surface area contributed by atoms with E-state index in [1.165, 1.54) is 18.2 Å². The van der Waals surface area contributed by atoms with Crippen LogP contribution in [0.25, 0.3) is 0 Å². The maximum atomic E-state index is 13.7. The number of nitrogens with one attached hydrogen (secondary N) is 1. The van der Waals surface area contributed by atoms with Crippen molar-refractivity contribution in [3.63, 3.8) is 0 Å². The zero-order chi connectivity index (χ0) is 36.6. The molecule has 3 aliphatic rings. The van der Waals surface area contributed by atoms with E-state index in [1.807, 2.05) is 0 Å². The summed E-state index contributed by atoms with van der Waals surface area (Å²) in [6.07, 6.45) is -13.4. The van der Waals surface area contributed by atoms with Gasteiger partial charge in [0.05, 0.1) is 23.3 Å². The van der Waals surface area contributed by atoms with Crippen molar-refractivity contribution in [1.29, 1.82) is 0 Å². The number of ketones is 2. The van der Waals surface area contributed by atoms with Crippen LogP contribution in [0.5, 0.6) is 11.5 Å². The number of benzene rings is 2. The smallest absolute Gasteiger partial charge is 0.338 e. The Morgan fingerprint density at radius 2 is 1.50 bits per heavy atom. The molecule has 0 saturated carbocycles. The summed E-state index contributed by atoms with van der Waals surface area (Å²) in [5, 5.41) is 54.3. The number of hydrogen-bond donors (Lipinski definition) is 6. The summed E-state index contributed by atoms with van der Waals surface area (Å²) >= 11 is 0. The monoisotopic (exact) mass is 703 g/mol. The molecule has 5 rings (SSSR count). The highest BCUT2D eigenvalue weighted by molar-refractivity contribution is 6.30. The maximum absolute atomic E-state index is 13.7. The molecule has 2 aromatic carbocycles. The molecule has 18 nitrogen and oxygen atoms in total. The van der Waals surface area contributed by atoms with E-state index in [9.17, 15) is 54.3 Å². The molecule has 0 spiro atoms. The van der Waals surface area contributed by atoms with Crippen LogP contribution in [0.2, 0.25) is 0 Å². The lowest BCUT2D eigenvalue weighted by atomic mass is 9.82. The number of esters is 3. The van der Waals surface area contributed by atoms with Crippen molar-refractivity contribution < 1.29 is 82.7 Å². The third kappa shape index (κ3) is 7.28. The Balaban J connectivity index is 1.40. The molecule has 0 radical (unpaired) electrons. The highest BCUT2D eigenvalue weighted by Crippen LogP contribution is 2.38. The second-order valence-corrected chi connectivity index (χ2v) is 11.7. The van der Waals surface area contributed by atoms with Gasteiger partial charge in [-0.2, -0.15) is 0 Å². The molecule has 2 aliphatic heterocycles. The van der Waals surface area contributed by atoms with Gasteiger partial charge in [-0.15, -0.1) is 0 Å². The normalized spacial score (nSPS) is 28.9. The first-order chi connectivity index (χ1) is 23.6. The highest BCUT2D eigenvalue weighted by Gasteiger charge is 2.50. The van der Waals surface area contributed by atoms with Crippen LogP contribution in [0, 0.1) is 0 Å². The van der Waals surface area contributed by atoms with Crippen molar-refractivity contribution in [2.75, 3.05) is 13.2 Å². The topological polar surface area (TPSA) is 271 Å². The largest absolute Gasteiger partial charge is 0.459 e. The Hall–Kier alpha value is -4.66. The van der Waals surface area contributed by atoms with E-state index in [1.54, 1.807) is 0 Å². The predicted octanol–water partition coefficient (Wildman–Crippen LogP) is -2.12. The van der Waals surface area contributed by atoms with Gasteiger partial charge in [-0.3, -0.25) is 24.0 Å². The van der Waals surface area contributed by atoms with Crippen molar-refractivity contribution in [3.05, 3.63) is 58.1 Å². The minimum Gasteiger partial charge on any atom is -0.459 e. The summed E-state index contributed by atoms with van der Waals surface area (Å²) in [5.74, 6) is -5.76. The number of hydrogen-bond acceptors (Lipinski definition) is 17. The summed E-state index contributed by atoms with van der Waals surface area (Å²) in [7, 11) is 0. The van der Waals surface area contributed by atoms with Gasteiger partial charge >= 0.3 is 17.9 Å². The summed E-state index contributed by atoms with van der Waals surface area (Å²) in [5.41, 5.74) is -1.49. The molecule has 9 atom stereocenters. The van der Waals surface area contributed by atoms with Crippen LogP contribution in [0.3, 0.4) is 0 Å². The van der Waals surface area contributed by atoms with Gasteiger partial charge in [0.2, 0.25) is 11.7 Å². The van der Waals surface area contributed by atoms with Gasteiger partial charge < -0.3 is 59.3 Å². The summed E-state index contributed by atoms with van der Waals surface area (Å²) in [6.45, 7) is 1.99. The molecule has 3 unspecified atom stereocenters. The van der Waals surface area contributed by atoms with E-state index in [0.717, 1.165) is 32.9 Å². The molecule has 50 heavy (non-hydrogen) atoms. The SMILES string of the molecule is CC(=O)N[C@@H]1C(O)OC(COC(=O)c2cc(OC(C)=O)c3c(c2)C(=O)c2cccc(OC(C)=O)c2C3=O)[C@@H](O)[C@@H]1OC1OC[C@@H](O)[C@H](O)[C@@H]1O. The lowest BCUT2D eigenvalue weighted by molar-refractivity contribution is -0.325. The van der Waals surface area contributed by atoms with Gasteiger partial charge in [0.25, 0.3) is 0 Å². The van der Waals surface area contributed by atoms with E-state index in [-0.39, 0.29) is 33.6 Å². The molecule has 2 aromatic rings. The third-order valence-corrected chi connectivity index (χ3v) is 8.00. The Kier molecular flexibility index (Phi) is 10.7. The maximum Gasteiger partial charge on any atom is 0.338 e. The molecular weight excluding hydrogens is 670 g/mol. The summed E-state index contributed by atoms with van der Waals surface area (Å²) in [4.78, 5) is 76.0. The van der Waals surface area contributed by atoms with Crippen LogP contribution in [-0.4, -0.2) is 129 Å². The molecule has 268 valence electrons. The lowest BCUT2D eigenvalue weighted by Crippen LogP contribution is -2.67. The molecule has 0 aromatic heterocycles. The predicted molar refractivity (Wildman–Crippen MR) is 160 cm³/mol. The average Bonchev–Trinajstić information content (AvgIpc) is 3.04. The fourth-order valence-electron chi connectivity index (χ4n) is 5.76. The standard InChI is InChI=1S/C32H33NO17/c1-11(34)33-23-29(50-32-28(42)25(39)17(37)9-46-32)26(40)20(49-31(23)44)10-45-30(43)14-7-16-22(19(8-14)48-13(3)36)27(41)21-15(24(16)38)5-4-6-18(21)47-12(2)35/h4-8,17,20,23,25-26,28-29,31-32,37,39-40,42,44H,9-10H2,1-3H3,(H,33,34)/t17-,20?,23+,25+,26-,28+,29-,31?,32?/m1/s1. The van der Waals surface area contributed by atoms with Crippen LogP contribution in [0.4, 0.5) is 0 Å². The molecular formula is C32H33NO17. The van der Waals surface area contributed by atoms with Crippen molar-refractivity contribution >= 4 is 35.4 Å². The first-order valence-corrected chi connectivity index (χ1v) is 15.1. The van der Waals surface area contributed by atoms with Crippen LogP contribution in [-0.2, 0) is 33.3 Å². The molecule has 2 heterocycles. The first kappa shape index (κ1) is 36.6.